The van der Waals surface area contributed by atoms with E-state index in [9.17, 15) is 0 Å². The Hall–Kier alpha value is -2.31. The highest BCUT2D eigenvalue weighted by atomic mass is 35.5. The van der Waals surface area contributed by atoms with Gasteiger partial charge in [-0.05, 0) is 42.1 Å². The lowest BCUT2D eigenvalue weighted by atomic mass is 10.2. The Balaban J connectivity index is 1.87. The summed E-state index contributed by atoms with van der Waals surface area (Å²) >= 11 is 7.85. The molecular weight excluding hydrogens is 348 g/mol. The van der Waals surface area contributed by atoms with Crippen LogP contribution in [0.3, 0.4) is 0 Å². The van der Waals surface area contributed by atoms with Crippen LogP contribution in [0.4, 0.5) is 0 Å². The first-order valence-corrected chi connectivity index (χ1v) is 8.53. The lowest BCUT2D eigenvalue weighted by Crippen LogP contribution is -1.95. The molecule has 5 nitrogen and oxygen atoms in total. The standard InChI is InChI=1S/C17H15ClN2O3S/c1-3-22-14-10-11(6-7-13(14)21-2)9-12(18)17-19-16(20-23-17)15-5-4-8-24-15/h4-10H,3H2,1-2H3/b12-9-. The molecule has 7 heteroatoms. The maximum Gasteiger partial charge on any atom is 0.269 e. The summed E-state index contributed by atoms with van der Waals surface area (Å²) in [5.41, 5.74) is 0.847. The van der Waals surface area contributed by atoms with Crippen molar-refractivity contribution in [1.29, 1.82) is 0 Å². The third kappa shape index (κ3) is 3.60. The topological polar surface area (TPSA) is 57.4 Å². The van der Waals surface area contributed by atoms with Crippen molar-refractivity contribution in [3.63, 3.8) is 0 Å². The van der Waals surface area contributed by atoms with E-state index in [1.807, 2.05) is 42.6 Å². The molecule has 0 fully saturated rings. The van der Waals surface area contributed by atoms with E-state index in [0.29, 0.717) is 29.0 Å². The molecule has 24 heavy (non-hydrogen) atoms. The van der Waals surface area contributed by atoms with Crippen molar-refractivity contribution in [2.24, 2.45) is 0 Å². The largest absolute Gasteiger partial charge is 0.493 e. The molecule has 124 valence electrons. The van der Waals surface area contributed by atoms with E-state index in [1.165, 1.54) is 11.3 Å². The van der Waals surface area contributed by atoms with Gasteiger partial charge in [0.05, 0.1) is 18.6 Å². The van der Waals surface area contributed by atoms with Gasteiger partial charge in [-0.3, -0.25) is 0 Å². The molecule has 0 atom stereocenters. The summed E-state index contributed by atoms with van der Waals surface area (Å²) in [6.45, 7) is 2.46. The minimum Gasteiger partial charge on any atom is -0.493 e. The zero-order valence-corrected chi connectivity index (χ0v) is 14.7. The highest BCUT2D eigenvalue weighted by Crippen LogP contribution is 2.31. The maximum atomic E-state index is 6.31. The number of methoxy groups -OCH3 is 1. The van der Waals surface area contributed by atoms with Gasteiger partial charge in [0.2, 0.25) is 5.82 Å². The molecule has 0 spiro atoms. The highest BCUT2D eigenvalue weighted by Gasteiger charge is 2.13. The second-order valence-corrected chi connectivity index (χ2v) is 6.09. The molecule has 0 saturated carbocycles. The van der Waals surface area contributed by atoms with Crippen LogP contribution in [0.1, 0.15) is 18.4 Å². The minimum absolute atomic E-state index is 0.272. The van der Waals surface area contributed by atoms with Crippen LogP contribution in [0, 0.1) is 0 Å². The van der Waals surface area contributed by atoms with Crippen molar-refractivity contribution in [3.05, 3.63) is 47.2 Å². The Morgan fingerprint density at radius 1 is 1.33 bits per heavy atom. The fourth-order valence-corrected chi connectivity index (χ4v) is 2.94. The lowest BCUT2D eigenvalue weighted by molar-refractivity contribution is 0.311. The molecule has 2 aromatic heterocycles. The van der Waals surface area contributed by atoms with Crippen molar-refractivity contribution in [1.82, 2.24) is 10.1 Å². The number of aromatic nitrogens is 2. The number of thiophene rings is 1. The van der Waals surface area contributed by atoms with Gasteiger partial charge in [-0.2, -0.15) is 4.98 Å². The molecule has 0 unspecified atom stereocenters. The number of nitrogens with zero attached hydrogens (tertiary/aromatic N) is 2. The number of ether oxygens (including phenoxy) is 2. The Bertz CT molecular complexity index is 843. The molecule has 0 amide bonds. The molecule has 0 radical (unpaired) electrons. The fraction of sp³-hybridized carbons (Fsp3) is 0.176. The third-order valence-corrected chi connectivity index (χ3v) is 4.29. The van der Waals surface area contributed by atoms with Gasteiger partial charge in [0.1, 0.15) is 5.03 Å². The van der Waals surface area contributed by atoms with Crippen LogP contribution in [0.25, 0.3) is 21.8 Å². The molecule has 0 aliphatic carbocycles. The van der Waals surface area contributed by atoms with Crippen LogP contribution in [0.2, 0.25) is 0 Å². The Labute approximate surface area is 148 Å². The van der Waals surface area contributed by atoms with Gasteiger partial charge in [-0.15, -0.1) is 11.3 Å². The van der Waals surface area contributed by atoms with Crippen LogP contribution >= 0.6 is 22.9 Å². The first kappa shape index (κ1) is 16.5. The highest BCUT2D eigenvalue weighted by molar-refractivity contribution is 7.13. The summed E-state index contributed by atoms with van der Waals surface area (Å²) in [6, 6.07) is 9.41. The monoisotopic (exact) mass is 362 g/mol. The van der Waals surface area contributed by atoms with Gasteiger partial charge in [0, 0.05) is 0 Å². The van der Waals surface area contributed by atoms with Crippen molar-refractivity contribution in [2.75, 3.05) is 13.7 Å². The molecule has 0 aliphatic heterocycles. The average molecular weight is 363 g/mol. The van der Waals surface area contributed by atoms with Gasteiger partial charge in [-0.25, -0.2) is 0 Å². The molecular formula is C17H15ClN2O3S. The summed E-state index contributed by atoms with van der Waals surface area (Å²) in [4.78, 5) is 5.25. The first-order valence-electron chi connectivity index (χ1n) is 7.27. The molecule has 3 aromatic rings. The zero-order chi connectivity index (χ0) is 16.9. The maximum absolute atomic E-state index is 6.31. The van der Waals surface area contributed by atoms with E-state index in [0.717, 1.165) is 10.4 Å². The second-order valence-electron chi connectivity index (χ2n) is 4.74. The minimum atomic E-state index is 0.272. The summed E-state index contributed by atoms with van der Waals surface area (Å²) in [5, 5.41) is 6.26. The SMILES string of the molecule is CCOc1cc(/C=C(\Cl)c2nc(-c3cccs3)no2)ccc1OC. The van der Waals surface area contributed by atoms with Gasteiger partial charge in [0.15, 0.2) is 11.5 Å². The fourth-order valence-electron chi connectivity index (χ4n) is 2.09. The van der Waals surface area contributed by atoms with Crippen LogP contribution in [0.5, 0.6) is 11.5 Å². The smallest absolute Gasteiger partial charge is 0.269 e. The van der Waals surface area contributed by atoms with E-state index in [1.54, 1.807) is 13.2 Å². The Morgan fingerprint density at radius 2 is 2.21 bits per heavy atom. The summed E-state index contributed by atoms with van der Waals surface area (Å²) < 4.78 is 16.1. The molecule has 1 aromatic carbocycles. The van der Waals surface area contributed by atoms with Crippen LogP contribution in [0.15, 0.2) is 40.2 Å². The normalized spacial score (nSPS) is 11.5. The van der Waals surface area contributed by atoms with Crippen LogP contribution < -0.4 is 9.47 Å². The molecule has 0 aliphatic rings. The predicted octanol–water partition coefficient (Wildman–Crippen LogP) is 4.94. The molecule has 0 saturated heterocycles. The predicted molar refractivity (Wildman–Crippen MR) is 95.5 cm³/mol. The van der Waals surface area contributed by atoms with Crippen molar-refractivity contribution < 1.29 is 14.0 Å². The average Bonchev–Trinajstić information content (AvgIpc) is 3.27. The molecule has 0 bridgehead atoms. The first-order chi connectivity index (χ1) is 11.7. The molecule has 3 rings (SSSR count). The zero-order valence-electron chi connectivity index (χ0n) is 13.2. The van der Waals surface area contributed by atoms with Gasteiger partial charge >= 0.3 is 0 Å². The van der Waals surface area contributed by atoms with Gasteiger partial charge < -0.3 is 14.0 Å². The number of rotatable bonds is 6. The molecule has 2 heterocycles. The summed E-state index contributed by atoms with van der Waals surface area (Å²) in [6.07, 6.45) is 1.75. The Morgan fingerprint density at radius 3 is 2.92 bits per heavy atom. The van der Waals surface area contributed by atoms with E-state index in [2.05, 4.69) is 10.1 Å². The van der Waals surface area contributed by atoms with Crippen LogP contribution in [-0.4, -0.2) is 23.9 Å². The van der Waals surface area contributed by atoms with Gasteiger partial charge in [-0.1, -0.05) is 28.9 Å². The third-order valence-electron chi connectivity index (χ3n) is 3.15. The lowest BCUT2D eigenvalue weighted by Gasteiger charge is -2.09. The van der Waals surface area contributed by atoms with Gasteiger partial charge in [0.25, 0.3) is 5.89 Å². The quantitative estimate of drug-likeness (QED) is 0.621. The molecule has 0 N–H and O–H groups in total. The van der Waals surface area contributed by atoms with E-state index < -0.39 is 0 Å². The summed E-state index contributed by atoms with van der Waals surface area (Å²) in [7, 11) is 1.60. The second kappa shape index (κ2) is 7.51. The van der Waals surface area contributed by atoms with Crippen molar-refractivity contribution in [2.45, 2.75) is 6.92 Å². The van der Waals surface area contributed by atoms with Crippen molar-refractivity contribution >= 4 is 34.0 Å². The van der Waals surface area contributed by atoms with E-state index in [-0.39, 0.29) is 5.89 Å². The Kier molecular flexibility index (Phi) is 5.17. The number of hydrogen-bond acceptors (Lipinski definition) is 6. The number of hydrogen-bond donors (Lipinski definition) is 0. The van der Waals surface area contributed by atoms with E-state index >= 15 is 0 Å². The van der Waals surface area contributed by atoms with Crippen LogP contribution in [-0.2, 0) is 0 Å². The number of halogens is 1. The summed E-state index contributed by atoms with van der Waals surface area (Å²) in [5.74, 6) is 2.12. The van der Waals surface area contributed by atoms with Crippen molar-refractivity contribution in [3.8, 4) is 22.2 Å². The number of benzene rings is 1. The van der Waals surface area contributed by atoms with E-state index in [4.69, 9.17) is 25.6 Å².